The maximum Gasteiger partial charge on any atom is 0.167 e. The van der Waals surface area contributed by atoms with E-state index in [2.05, 4.69) is 6.92 Å². The van der Waals surface area contributed by atoms with E-state index in [9.17, 15) is 9.90 Å². The van der Waals surface area contributed by atoms with Crippen LogP contribution in [0.2, 0.25) is 0 Å². The van der Waals surface area contributed by atoms with Crippen LogP contribution in [0.4, 0.5) is 0 Å². The second kappa shape index (κ2) is 10.1. The molecule has 0 aromatic heterocycles. The van der Waals surface area contributed by atoms with Crippen molar-refractivity contribution in [3.05, 3.63) is 42.0 Å². The third-order valence-electron chi connectivity index (χ3n) is 4.69. The van der Waals surface area contributed by atoms with Crippen LogP contribution in [-0.4, -0.2) is 10.9 Å². The molecule has 0 aliphatic heterocycles. The topological polar surface area (TPSA) is 37.3 Å². The molecular weight excluding hydrogens is 296 g/mol. The summed E-state index contributed by atoms with van der Waals surface area (Å²) >= 11 is 0. The van der Waals surface area contributed by atoms with Crippen molar-refractivity contribution in [1.82, 2.24) is 0 Å². The molecule has 0 spiro atoms. The molecule has 130 valence electrons. The Hall–Kier alpha value is -1.83. The zero-order valence-electron chi connectivity index (χ0n) is 14.9. The van der Waals surface area contributed by atoms with Crippen molar-refractivity contribution in [2.24, 2.45) is 0 Å². The Morgan fingerprint density at radius 2 is 1.46 bits per heavy atom. The number of hydrogen-bond donors (Lipinski definition) is 1. The van der Waals surface area contributed by atoms with Gasteiger partial charge in [0.2, 0.25) is 0 Å². The molecule has 0 fully saturated rings. The van der Waals surface area contributed by atoms with Crippen molar-refractivity contribution >= 4 is 16.6 Å². The van der Waals surface area contributed by atoms with Gasteiger partial charge in [0.1, 0.15) is 5.75 Å². The van der Waals surface area contributed by atoms with E-state index in [0.717, 1.165) is 23.6 Å². The fraction of sp³-hybridized carbons (Fsp3) is 0.500. The molecule has 0 atom stereocenters. The predicted octanol–water partition coefficient (Wildman–Crippen LogP) is 6.65. The number of hydrogen-bond acceptors (Lipinski definition) is 2. The third kappa shape index (κ3) is 5.36. The molecule has 2 heteroatoms. The fourth-order valence-corrected chi connectivity index (χ4v) is 3.27. The second-order valence-corrected chi connectivity index (χ2v) is 6.68. The van der Waals surface area contributed by atoms with Gasteiger partial charge >= 0.3 is 0 Å². The van der Waals surface area contributed by atoms with E-state index in [4.69, 9.17) is 0 Å². The number of rotatable bonds is 11. The monoisotopic (exact) mass is 326 g/mol. The van der Waals surface area contributed by atoms with Gasteiger partial charge in [-0.15, -0.1) is 0 Å². The van der Waals surface area contributed by atoms with Crippen LogP contribution in [-0.2, 0) is 0 Å². The molecule has 0 saturated carbocycles. The largest absolute Gasteiger partial charge is 0.507 e. The highest BCUT2D eigenvalue weighted by molar-refractivity contribution is 6.10. The second-order valence-electron chi connectivity index (χ2n) is 6.68. The minimum Gasteiger partial charge on any atom is -0.507 e. The summed E-state index contributed by atoms with van der Waals surface area (Å²) in [6.45, 7) is 2.24. The number of Topliss-reactive ketones (excluding diaryl/α,β-unsaturated/α-hetero) is 1. The summed E-state index contributed by atoms with van der Waals surface area (Å²) in [5.41, 5.74) is 0.493. The first kappa shape index (κ1) is 18.5. The number of carbonyl (C=O) groups excluding carboxylic acids is 1. The number of carbonyl (C=O) groups is 1. The summed E-state index contributed by atoms with van der Waals surface area (Å²) in [5.74, 6) is 0.168. The number of benzene rings is 2. The van der Waals surface area contributed by atoms with Crippen LogP contribution in [0.15, 0.2) is 36.4 Å². The summed E-state index contributed by atoms with van der Waals surface area (Å²) in [6, 6.07) is 11.2. The van der Waals surface area contributed by atoms with E-state index in [-0.39, 0.29) is 11.5 Å². The van der Waals surface area contributed by atoms with Gasteiger partial charge in [0.25, 0.3) is 0 Å². The molecule has 2 rings (SSSR count). The Bertz CT molecular complexity index is 645. The highest BCUT2D eigenvalue weighted by Gasteiger charge is 2.14. The van der Waals surface area contributed by atoms with Crippen LogP contribution < -0.4 is 0 Å². The molecule has 0 radical (unpaired) electrons. The van der Waals surface area contributed by atoms with Crippen LogP contribution in [0.25, 0.3) is 10.8 Å². The van der Waals surface area contributed by atoms with Gasteiger partial charge < -0.3 is 5.11 Å². The predicted molar refractivity (Wildman–Crippen MR) is 102 cm³/mol. The maximum atomic E-state index is 12.5. The van der Waals surface area contributed by atoms with Crippen LogP contribution >= 0.6 is 0 Å². The first-order valence-electron chi connectivity index (χ1n) is 9.48. The summed E-state index contributed by atoms with van der Waals surface area (Å²) in [7, 11) is 0. The lowest BCUT2D eigenvalue weighted by Gasteiger charge is -2.08. The minimum absolute atomic E-state index is 0.0623. The number of fused-ring (bicyclic) bond motifs is 1. The molecule has 0 aliphatic carbocycles. The molecule has 2 nitrogen and oxygen atoms in total. The van der Waals surface area contributed by atoms with Gasteiger partial charge in [-0.2, -0.15) is 0 Å². The molecule has 0 aliphatic rings. The number of aromatic hydroxyl groups is 1. The van der Waals surface area contributed by atoms with Crippen molar-refractivity contribution in [2.75, 3.05) is 0 Å². The van der Waals surface area contributed by atoms with E-state index < -0.39 is 0 Å². The fourth-order valence-electron chi connectivity index (χ4n) is 3.27. The van der Waals surface area contributed by atoms with Gasteiger partial charge in [-0.05, 0) is 23.3 Å². The zero-order chi connectivity index (χ0) is 17.2. The summed E-state index contributed by atoms with van der Waals surface area (Å²) < 4.78 is 0. The Morgan fingerprint density at radius 1 is 0.833 bits per heavy atom. The number of phenolic OH excluding ortho intramolecular Hbond substituents is 1. The average Bonchev–Trinajstić information content (AvgIpc) is 2.60. The standard InChI is InChI=1S/C22H30O2/c1-2-3-4-5-6-7-8-9-10-15-20(23)22-19-14-12-11-13-18(19)16-17-21(22)24/h11-14,16-17,24H,2-10,15H2,1H3. The van der Waals surface area contributed by atoms with Crippen LogP contribution in [0, 0.1) is 0 Å². The Kier molecular flexibility index (Phi) is 7.81. The normalized spacial score (nSPS) is 11.0. The summed E-state index contributed by atoms with van der Waals surface area (Å²) in [4.78, 5) is 12.5. The number of phenols is 1. The average molecular weight is 326 g/mol. The highest BCUT2D eigenvalue weighted by atomic mass is 16.3. The van der Waals surface area contributed by atoms with E-state index >= 15 is 0 Å². The molecule has 0 heterocycles. The van der Waals surface area contributed by atoms with Gasteiger partial charge in [0.15, 0.2) is 5.78 Å². The van der Waals surface area contributed by atoms with Crippen molar-refractivity contribution in [3.63, 3.8) is 0 Å². The lowest BCUT2D eigenvalue weighted by atomic mass is 9.97. The SMILES string of the molecule is CCCCCCCCCCCC(=O)c1c(O)ccc2ccccc12. The molecule has 24 heavy (non-hydrogen) atoms. The van der Waals surface area contributed by atoms with Gasteiger partial charge in [0, 0.05) is 6.42 Å². The quantitative estimate of drug-likeness (QED) is 0.371. The first-order chi connectivity index (χ1) is 11.7. The molecule has 0 saturated heterocycles. The van der Waals surface area contributed by atoms with E-state index in [0.29, 0.717) is 12.0 Å². The minimum atomic E-state index is 0.0623. The number of ketones is 1. The Balaban J connectivity index is 1.76. The third-order valence-corrected chi connectivity index (χ3v) is 4.69. The Labute approximate surface area is 145 Å². The van der Waals surface area contributed by atoms with Crippen molar-refractivity contribution in [1.29, 1.82) is 0 Å². The molecule has 0 bridgehead atoms. The van der Waals surface area contributed by atoms with Gasteiger partial charge in [0.05, 0.1) is 5.56 Å². The van der Waals surface area contributed by atoms with E-state index in [1.807, 2.05) is 30.3 Å². The molecular formula is C22H30O2. The van der Waals surface area contributed by atoms with Crippen molar-refractivity contribution in [2.45, 2.75) is 71.1 Å². The molecule has 0 unspecified atom stereocenters. The summed E-state index contributed by atoms with van der Waals surface area (Å²) in [5, 5.41) is 12.0. The zero-order valence-corrected chi connectivity index (χ0v) is 14.9. The van der Waals surface area contributed by atoms with E-state index in [1.54, 1.807) is 6.07 Å². The summed E-state index contributed by atoms with van der Waals surface area (Å²) in [6.07, 6.45) is 11.7. The molecule has 0 amide bonds. The van der Waals surface area contributed by atoms with Crippen molar-refractivity contribution < 1.29 is 9.90 Å². The first-order valence-corrected chi connectivity index (χ1v) is 9.48. The van der Waals surface area contributed by atoms with Gasteiger partial charge in [-0.1, -0.05) is 88.6 Å². The van der Waals surface area contributed by atoms with E-state index in [1.165, 1.54) is 44.9 Å². The van der Waals surface area contributed by atoms with Crippen molar-refractivity contribution in [3.8, 4) is 5.75 Å². The Morgan fingerprint density at radius 3 is 2.17 bits per heavy atom. The van der Waals surface area contributed by atoms with Gasteiger partial charge in [-0.25, -0.2) is 0 Å². The van der Waals surface area contributed by atoms with Gasteiger partial charge in [-0.3, -0.25) is 4.79 Å². The smallest absolute Gasteiger partial charge is 0.167 e. The molecule has 2 aromatic rings. The van der Waals surface area contributed by atoms with Crippen LogP contribution in [0.5, 0.6) is 5.75 Å². The number of unbranched alkanes of at least 4 members (excludes halogenated alkanes) is 8. The molecule has 1 N–H and O–H groups in total. The maximum absolute atomic E-state index is 12.5. The van der Waals surface area contributed by atoms with Crippen LogP contribution in [0.3, 0.4) is 0 Å². The lowest BCUT2D eigenvalue weighted by Crippen LogP contribution is -2.01. The highest BCUT2D eigenvalue weighted by Crippen LogP contribution is 2.28. The lowest BCUT2D eigenvalue weighted by molar-refractivity contribution is 0.0978. The van der Waals surface area contributed by atoms with Crippen LogP contribution in [0.1, 0.15) is 81.5 Å². The molecule has 2 aromatic carbocycles.